The molecule has 0 unspecified atom stereocenters. The Hall–Kier alpha value is -6.78. The summed E-state index contributed by atoms with van der Waals surface area (Å²) >= 11 is 0. The molecule has 7 aromatic carbocycles. The molecule has 0 radical (unpaired) electrons. The van der Waals surface area contributed by atoms with Gasteiger partial charge in [-0.15, -0.1) is 0 Å². The number of hydrogen-bond acceptors (Lipinski definition) is 3. The van der Waals surface area contributed by atoms with Crippen molar-refractivity contribution in [3.05, 3.63) is 176 Å². The first-order valence-electron chi connectivity index (χ1n) is 16.8. The highest BCUT2D eigenvalue weighted by atomic mass is 16.3. The maximum absolute atomic E-state index is 6.63. The number of benzene rings is 7. The van der Waals surface area contributed by atoms with Crippen LogP contribution in [-0.2, 0) is 0 Å². The fraction of sp³-hybridized carbons (Fsp3) is 0. The van der Waals surface area contributed by atoms with Gasteiger partial charge < -0.3 is 8.98 Å². The molecule has 4 heteroatoms. The van der Waals surface area contributed by atoms with Crippen molar-refractivity contribution < 1.29 is 4.42 Å². The van der Waals surface area contributed by atoms with Crippen molar-refractivity contribution in [1.82, 2.24) is 14.5 Å². The Kier molecular flexibility index (Phi) is 6.46. The summed E-state index contributed by atoms with van der Waals surface area (Å²) < 4.78 is 9.02. The number of hydrogen-bond donors (Lipinski definition) is 0. The molecule has 0 saturated carbocycles. The Bertz CT molecular complexity index is 2850. The minimum absolute atomic E-state index is 0.679. The van der Waals surface area contributed by atoms with E-state index < -0.39 is 0 Å². The van der Waals surface area contributed by atoms with Crippen LogP contribution >= 0.6 is 0 Å². The molecule has 0 aliphatic heterocycles. The smallest absolute Gasteiger partial charge is 0.180 e. The van der Waals surface area contributed by atoms with Crippen LogP contribution < -0.4 is 0 Å². The highest BCUT2D eigenvalue weighted by molar-refractivity contribution is 6.14. The third-order valence-electron chi connectivity index (χ3n) is 9.61. The van der Waals surface area contributed by atoms with E-state index in [4.69, 9.17) is 14.4 Å². The fourth-order valence-electron chi connectivity index (χ4n) is 7.29. The molecule has 0 saturated heterocycles. The molecule has 3 aromatic heterocycles. The van der Waals surface area contributed by atoms with Gasteiger partial charge in [0.1, 0.15) is 16.8 Å². The molecule has 3 heterocycles. The maximum Gasteiger partial charge on any atom is 0.180 e. The average molecular weight is 640 g/mol. The predicted octanol–water partition coefficient (Wildman–Crippen LogP) is 12.1. The van der Waals surface area contributed by atoms with Crippen molar-refractivity contribution in [1.29, 1.82) is 0 Å². The van der Waals surface area contributed by atoms with Gasteiger partial charge in [0.15, 0.2) is 11.4 Å². The van der Waals surface area contributed by atoms with Crippen molar-refractivity contribution in [3.63, 3.8) is 0 Å². The Morgan fingerprint density at radius 2 is 1.08 bits per heavy atom. The van der Waals surface area contributed by atoms with Crippen molar-refractivity contribution in [3.8, 4) is 50.6 Å². The van der Waals surface area contributed by atoms with E-state index >= 15 is 0 Å². The summed E-state index contributed by atoms with van der Waals surface area (Å²) in [6, 6.07) is 61.5. The van der Waals surface area contributed by atoms with Crippen LogP contribution in [0.4, 0.5) is 0 Å². The van der Waals surface area contributed by atoms with Crippen LogP contribution in [-0.4, -0.2) is 14.5 Å². The van der Waals surface area contributed by atoms with Crippen LogP contribution in [0.3, 0.4) is 0 Å². The van der Waals surface area contributed by atoms with Crippen LogP contribution in [0.2, 0.25) is 0 Å². The molecule has 0 aliphatic rings. The van der Waals surface area contributed by atoms with E-state index in [0.29, 0.717) is 11.4 Å². The molecule has 0 fully saturated rings. The van der Waals surface area contributed by atoms with Crippen molar-refractivity contribution in [2.45, 2.75) is 0 Å². The summed E-state index contributed by atoms with van der Waals surface area (Å²) in [5.41, 5.74) is 13.1. The van der Waals surface area contributed by atoms with E-state index in [9.17, 15) is 0 Å². The van der Waals surface area contributed by atoms with E-state index in [1.165, 1.54) is 27.4 Å². The lowest BCUT2D eigenvalue weighted by molar-refractivity contribution is 0.667. The zero-order valence-electron chi connectivity index (χ0n) is 27.0. The second-order valence-electron chi connectivity index (χ2n) is 12.6. The van der Waals surface area contributed by atoms with Gasteiger partial charge in [0.05, 0.1) is 11.0 Å². The quantitative estimate of drug-likeness (QED) is 0.188. The fourth-order valence-corrected chi connectivity index (χ4v) is 7.29. The zero-order valence-corrected chi connectivity index (χ0v) is 27.0. The number of para-hydroxylation sites is 3. The molecule has 0 spiro atoms. The standard InChI is InChI=1S/C46H29N3O/c1-4-14-30(15-5-1)42-45-43(48-46(47-42)31-16-6-2-7-17-31)39-27-26-33(29-41(39)50-45)32-18-12-19-34(28-32)36-23-13-24-38-37-22-10-11-25-40(37)49(44(36)38)35-20-8-3-9-21-35/h1-29H. The Labute approximate surface area is 288 Å². The molecular formula is C46H29N3O. The minimum atomic E-state index is 0.679. The van der Waals surface area contributed by atoms with Gasteiger partial charge in [0.25, 0.3) is 0 Å². The van der Waals surface area contributed by atoms with Gasteiger partial charge in [-0.3, -0.25) is 0 Å². The largest absolute Gasteiger partial charge is 0.452 e. The molecule has 0 amide bonds. The molecule has 0 atom stereocenters. The van der Waals surface area contributed by atoms with Crippen molar-refractivity contribution in [2.24, 2.45) is 0 Å². The normalized spacial score (nSPS) is 11.6. The molecule has 50 heavy (non-hydrogen) atoms. The zero-order chi connectivity index (χ0) is 33.0. The monoisotopic (exact) mass is 639 g/mol. The van der Waals surface area contributed by atoms with Gasteiger partial charge in [-0.1, -0.05) is 140 Å². The lowest BCUT2D eigenvalue weighted by Crippen LogP contribution is -1.95. The first-order valence-corrected chi connectivity index (χ1v) is 16.8. The van der Waals surface area contributed by atoms with Gasteiger partial charge >= 0.3 is 0 Å². The van der Waals surface area contributed by atoms with Crippen LogP contribution in [0.1, 0.15) is 0 Å². The summed E-state index contributed by atoms with van der Waals surface area (Å²) in [5, 5.41) is 3.45. The molecule has 0 N–H and O–H groups in total. The van der Waals surface area contributed by atoms with Crippen LogP contribution in [0.5, 0.6) is 0 Å². The Balaban J connectivity index is 1.14. The van der Waals surface area contributed by atoms with E-state index in [-0.39, 0.29) is 0 Å². The van der Waals surface area contributed by atoms with E-state index in [1.807, 2.05) is 48.5 Å². The van der Waals surface area contributed by atoms with Crippen molar-refractivity contribution >= 4 is 43.9 Å². The highest BCUT2D eigenvalue weighted by Crippen LogP contribution is 2.40. The maximum atomic E-state index is 6.63. The van der Waals surface area contributed by atoms with Gasteiger partial charge in [-0.2, -0.15) is 0 Å². The first-order chi connectivity index (χ1) is 24.8. The molecule has 0 aliphatic carbocycles. The highest BCUT2D eigenvalue weighted by Gasteiger charge is 2.20. The Morgan fingerprint density at radius 1 is 0.440 bits per heavy atom. The number of rotatable bonds is 5. The van der Waals surface area contributed by atoms with Gasteiger partial charge in [-0.05, 0) is 53.1 Å². The molecule has 234 valence electrons. The number of aromatic nitrogens is 3. The summed E-state index contributed by atoms with van der Waals surface area (Å²) in [5.74, 6) is 0.679. The SMILES string of the molecule is c1ccc(-c2nc(-c3ccccc3)c3oc4cc(-c5cccc(-c6cccc7c8ccccc8n(-c8ccccc8)c67)c5)ccc4c3n2)cc1. The Morgan fingerprint density at radius 3 is 1.90 bits per heavy atom. The molecule has 10 rings (SSSR count). The summed E-state index contributed by atoms with van der Waals surface area (Å²) in [6.07, 6.45) is 0. The number of fused-ring (bicyclic) bond motifs is 6. The summed E-state index contributed by atoms with van der Waals surface area (Å²) in [4.78, 5) is 10.1. The lowest BCUT2D eigenvalue weighted by Gasteiger charge is -2.12. The first kappa shape index (κ1) is 28.3. The number of furan rings is 1. The second kappa shape index (κ2) is 11.4. The number of nitrogens with zero attached hydrogens (tertiary/aromatic N) is 3. The molecule has 4 nitrogen and oxygen atoms in total. The molecule has 0 bridgehead atoms. The van der Waals surface area contributed by atoms with Crippen molar-refractivity contribution in [2.75, 3.05) is 0 Å². The minimum Gasteiger partial charge on any atom is -0.452 e. The van der Waals surface area contributed by atoms with Gasteiger partial charge in [0.2, 0.25) is 0 Å². The van der Waals surface area contributed by atoms with E-state index in [2.05, 4.69) is 132 Å². The lowest BCUT2D eigenvalue weighted by atomic mass is 9.97. The topological polar surface area (TPSA) is 43.9 Å². The van der Waals surface area contributed by atoms with E-state index in [1.54, 1.807) is 0 Å². The van der Waals surface area contributed by atoms with E-state index in [0.717, 1.165) is 55.7 Å². The van der Waals surface area contributed by atoms with Crippen LogP contribution in [0, 0.1) is 0 Å². The summed E-state index contributed by atoms with van der Waals surface area (Å²) in [7, 11) is 0. The van der Waals surface area contributed by atoms with Gasteiger partial charge in [0, 0.05) is 38.5 Å². The second-order valence-corrected chi connectivity index (χ2v) is 12.6. The van der Waals surface area contributed by atoms with Gasteiger partial charge in [-0.25, -0.2) is 9.97 Å². The van der Waals surface area contributed by atoms with Crippen LogP contribution in [0.15, 0.2) is 180 Å². The third kappa shape index (κ3) is 4.54. The molecule has 10 aromatic rings. The van der Waals surface area contributed by atoms with Crippen LogP contribution in [0.25, 0.3) is 94.5 Å². The summed E-state index contributed by atoms with van der Waals surface area (Å²) in [6.45, 7) is 0. The third-order valence-corrected chi connectivity index (χ3v) is 9.61. The predicted molar refractivity (Wildman–Crippen MR) is 205 cm³/mol. The average Bonchev–Trinajstić information content (AvgIpc) is 3.74. The molecular weight excluding hydrogens is 611 g/mol.